The number of allylic oxidation sites excluding steroid dienone is 1. The van der Waals surface area contributed by atoms with E-state index in [1.54, 1.807) is 0 Å². The van der Waals surface area contributed by atoms with Gasteiger partial charge in [-0.05, 0) is 30.6 Å². The fourth-order valence-electron chi connectivity index (χ4n) is 4.54. The van der Waals surface area contributed by atoms with E-state index in [4.69, 9.17) is 0 Å². The highest BCUT2D eigenvalue weighted by atomic mass is 16.1. The summed E-state index contributed by atoms with van der Waals surface area (Å²) in [4.78, 5) is 24.5. The molecule has 3 saturated carbocycles. The molecule has 0 radical (unpaired) electrons. The van der Waals surface area contributed by atoms with E-state index in [1.807, 2.05) is 0 Å². The van der Waals surface area contributed by atoms with Crippen LogP contribution in [0.2, 0.25) is 0 Å². The van der Waals surface area contributed by atoms with Crippen molar-refractivity contribution >= 4 is 11.6 Å². The summed E-state index contributed by atoms with van der Waals surface area (Å²) in [6.07, 6.45) is 3.76. The fourth-order valence-corrected chi connectivity index (χ4v) is 4.54. The first kappa shape index (κ1) is 11.2. The Morgan fingerprint density at radius 3 is 2.71 bits per heavy atom. The number of hydrogen-bond acceptors (Lipinski definition) is 2. The molecule has 3 fully saturated rings. The Morgan fingerprint density at radius 1 is 1.29 bits per heavy atom. The Bertz CT molecular complexity index is 432. The van der Waals surface area contributed by atoms with Gasteiger partial charge in [0.05, 0.1) is 0 Å². The quantitative estimate of drug-likeness (QED) is 0.602. The van der Waals surface area contributed by atoms with Gasteiger partial charge in [0.1, 0.15) is 11.6 Å². The molecule has 2 heteroatoms. The molecular weight excluding hydrogens is 212 g/mol. The van der Waals surface area contributed by atoms with E-state index in [9.17, 15) is 9.59 Å². The van der Waals surface area contributed by atoms with Gasteiger partial charge in [-0.25, -0.2) is 0 Å². The third-order valence-electron chi connectivity index (χ3n) is 5.56. The number of ketones is 2. The van der Waals surface area contributed by atoms with Crippen LogP contribution in [0.3, 0.4) is 0 Å². The lowest BCUT2D eigenvalue weighted by molar-refractivity contribution is -0.149. The van der Waals surface area contributed by atoms with Crippen LogP contribution in [0.25, 0.3) is 0 Å². The van der Waals surface area contributed by atoms with Gasteiger partial charge in [0, 0.05) is 24.2 Å². The Hall–Kier alpha value is -0.920. The van der Waals surface area contributed by atoms with Gasteiger partial charge in [-0.15, -0.1) is 0 Å². The van der Waals surface area contributed by atoms with Gasteiger partial charge in [-0.2, -0.15) is 0 Å². The summed E-state index contributed by atoms with van der Waals surface area (Å²) in [5.74, 6) is 0.970. The zero-order chi connectivity index (χ0) is 12.4. The number of Topliss-reactive ketones (excluding diaryl/α,β-unsaturated/α-hetero) is 2. The molecular formula is C15H20O2. The molecule has 17 heavy (non-hydrogen) atoms. The molecule has 3 atom stereocenters. The molecule has 2 bridgehead atoms. The van der Waals surface area contributed by atoms with Crippen molar-refractivity contribution in [2.75, 3.05) is 0 Å². The summed E-state index contributed by atoms with van der Waals surface area (Å²) >= 11 is 0. The third-order valence-corrected chi connectivity index (χ3v) is 5.56. The van der Waals surface area contributed by atoms with Crippen LogP contribution < -0.4 is 0 Å². The van der Waals surface area contributed by atoms with Crippen molar-refractivity contribution in [3.05, 3.63) is 12.2 Å². The van der Waals surface area contributed by atoms with E-state index in [1.165, 1.54) is 0 Å². The monoisotopic (exact) mass is 232 g/mol. The van der Waals surface area contributed by atoms with Gasteiger partial charge < -0.3 is 0 Å². The summed E-state index contributed by atoms with van der Waals surface area (Å²) in [7, 11) is 0. The summed E-state index contributed by atoms with van der Waals surface area (Å²) in [6, 6.07) is 0. The molecule has 0 aromatic carbocycles. The molecule has 0 heterocycles. The number of fused-ring (bicyclic) bond motifs is 1. The first-order chi connectivity index (χ1) is 7.87. The lowest BCUT2D eigenvalue weighted by Crippen LogP contribution is -2.51. The molecule has 0 saturated heterocycles. The van der Waals surface area contributed by atoms with E-state index in [0.717, 1.165) is 24.8 Å². The van der Waals surface area contributed by atoms with E-state index in [0.29, 0.717) is 24.4 Å². The smallest absolute Gasteiger partial charge is 0.140 e. The number of carbonyl (C=O) groups is 2. The Morgan fingerprint density at radius 2 is 2.00 bits per heavy atom. The third kappa shape index (κ3) is 1.27. The van der Waals surface area contributed by atoms with Crippen molar-refractivity contribution < 1.29 is 9.59 Å². The maximum atomic E-state index is 12.4. The van der Waals surface area contributed by atoms with Crippen molar-refractivity contribution in [1.82, 2.24) is 0 Å². The Labute approximate surface area is 102 Å². The topological polar surface area (TPSA) is 34.1 Å². The largest absolute Gasteiger partial charge is 0.299 e. The van der Waals surface area contributed by atoms with Crippen LogP contribution in [-0.2, 0) is 9.59 Å². The van der Waals surface area contributed by atoms with Gasteiger partial charge in [0.15, 0.2) is 0 Å². The molecule has 92 valence electrons. The van der Waals surface area contributed by atoms with Gasteiger partial charge in [0.25, 0.3) is 0 Å². The maximum Gasteiger partial charge on any atom is 0.140 e. The number of rotatable bonds is 0. The minimum atomic E-state index is -0.225. The Kier molecular flexibility index (Phi) is 2.04. The normalized spacial score (nSPS) is 43.8. The van der Waals surface area contributed by atoms with E-state index < -0.39 is 0 Å². The second-order valence-corrected chi connectivity index (χ2v) is 6.88. The van der Waals surface area contributed by atoms with Crippen molar-refractivity contribution in [2.24, 2.45) is 22.7 Å². The molecule has 0 aromatic rings. The average molecular weight is 232 g/mol. The van der Waals surface area contributed by atoms with E-state index in [-0.39, 0.29) is 22.7 Å². The van der Waals surface area contributed by atoms with Crippen LogP contribution in [-0.4, -0.2) is 11.6 Å². The molecule has 3 aliphatic carbocycles. The van der Waals surface area contributed by atoms with E-state index >= 15 is 0 Å². The summed E-state index contributed by atoms with van der Waals surface area (Å²) < 4.78 is 0. The standard InChI is InChI=1S/C15H20O2/c1-9-7-15-8-10(9)11(16)6-12(15)14(2,3)5-4-13(15)17/h10,12H,1,4-8H2,2-3H3/t10-,12?,15+/m1/s1. The molecule has 1 spiro atoms. The molecule has 0 N–H and O–H groups in total. The molecule has 3 aliphatic rings. The maximum absolute atomic E-state index is 12.4. The van der Waals surface area contributed by atoms with Crippen molar-refractivity contribution in [3.8, 4) is 0 Å². The highest BCUT2D eigenvalue weighted by molar-refractivity contribution is 5.94. The van der Waals surface area contributed by atoms with E-state index in [2.05, 4.69) is 20.4 Å². The molecule has 3 rings (SSSR count). The highest BCUT2D eigenvalue weighted by Gasteiger charge is 2.62. The second kappa shape index (κ2) is 3.09. The average Bonchev–Trinajstić information content (AvgIpc) is 2.54. The number of carbonyl (C=O) groups excluding carboxylic acids is 2. The van der Waals surface area contributed by atoms with Crippen LogP contribution >= 0.6 is 0 Å². The number of hydrogen-bond donors (Lipinski definition) is 0. The second-order valence-electron chi connectivity index (χ2n) is 6.88. The summed E-state index contributed by atoms with van der Waals surface area (Å²) in [6.45, 7) is 8.49. The summed E-state index contributed by atoms with van der Waals surface area (Å²) in [5.41, 5.74) is 0.917. The minimum absolute atomic E-state index is 0.0101. The fraction of sp³-hybridized carbons (Fsp3) is 0.733. The van der Waals surface area contributed by atoms with Crippen LogP contribution in [0.15, 0.2) is 12.2 Å². The Balaban J connectivity index is 2.11. The first-order valence-corrected chi connectivity index (χ1v) is 6.60. The molecule has 0 aromatic heterocycles. The zero-order valence-corrected chi connectivity index (χ0v) is 10.7. The van der Waals surface area contributed by atoms with Crippen LogP contribution in [0.5, 0.6) is 0 Å². The molecule has 0 amide bonds. The molecule has 0 aliphatic heterocycles. The predicted octanol–water partition coefficient (Wildman–Crippen LogP) is 2.92. The molecule has 1 unspecified atom stereocenters. The SMILES string of the molecule is C=C1C[C@]23C[C@H]1C(=O)CC2C(C)(C)CCC3=O. The zero-order valence-electron chi connectivity index (χ0n) is 10.7. The van der Waals surface area contributed by atoms with Crippen molar-refractivity contribution in [3.63, 3.8) is 0 Å². The van der Waals surface area contributed by atoms with Gasteiger partial charge >= 0.3 is 0 Å². The van der Waals surface area contributed by atoms with Crippen LogP contribution in [0.4, 0.5) is 0 Å². The minimum Gasteiger partial charge on any atom is -0.299 e. The highest BCUT2D eigenvalue weighted by Crippen LogP contribution is 2.63. The van der Waals surface area contributed by atoms with Gasteiger partial charge in [0.2, 0.25) is 0 Å². The van der Waals surface area contributed by atoms with Crippen molar-refractivity contribution in [2.45, 2.75) is 46.0 Å². The molecule has 2 nitrogen and oxygen atoms in total. The predicted molar refractivity (Wildman–Crippen MR) is 65.4 cm³/mol. The first-order valence-electron chi connectivity index (χ1n) is 6.60. The van der Waals surface area contributed by atoms with Crippen LogP contribution in [0.1, 0.15) is 46.0 Å². The lowest BCUT2D eigenvalue weighted by atomic mass is 9.51. The van der Waals surface area contributed by atoms with Gasteiger partial charge in [-0.3, -0.25) is 9.59 Å². The van der Waals surface area contributed by atoms with Crippen molar-refractivity contribution in [1.29, 1.82) is 0 Å². The lowest BCUT2D eigenvalue weighted by Gasteiger charge is -2.51. The summed E-state index contributed by atoms with van der Waals surface area (Å²) in [5, 5.41) is 0. The van der Waals surface area contributed by atoms with Gasteiger partial charge in [-0.1, -0.05) is 26.0 Å². The van der Waals surface area contributed by atoms with Crippen LogP contribution in [0, 0.1) is 22.7 Å².